The highest BCUT2D eigenvalue weighted by Gasteiger charge is 2.17. The zero-order valence-corrected chi connectivity index (χ0v) is 19.6. The molecular weight excluding hydrogens is 434 g/mol. The number of nitrogens with zero attached hydrogens (tertiary/aromatic N) is 3. The molecular formula is C26H25N3O3S. The maximum atomic E-state index is 13.4. The lowest BCUT2D eigenvalue weighted by atomic mass is 10.1. The van der Waals surface area contributed by atoms with Crippen LogP contribution in [0, 0.1) is 6.92 Å². The molecule has 1 amide bonds. The summed E-state index contributed by atoms with van der Waals surface area (Å²) < 4.78 is 6.88. The molecule has 168 valence electrons. The van der Waals surface area contributed by atoms with Crippen molar-refractivity contribution in [2.75, 3.05) is 19.9 Å². The number of aryl methyl sites for hydroxylation is 1. The van der Waals surface area contributed by atoms with Crippen LogP contribution in [0.2, 0.25) is 0 Å². The van der Waals surface area contributed by atoms with Gasteiger partial charge in [-0.25, -0.2) is 4.98 Å². The first-order chi connectivity index (χ1) is 16.0. The quantitative estimate of drug-likeness (QED) is 0.302. The Morgan fingerprint density at radius 1 is 1.06 bits per heavy atom. The summed E-state index contributed by atoms with van der Waals surface area (Å²) in [6, 6.07) is 22.6. The molecule has 0 unspecified atom stereocenters. The topological polar surface area (TPSA) is 64.4 Å². The fourth-order valence-electron chi connectivity index (χ4n) is 3.48. The van der Waals surface area contributed by atoms with Crippen molar-refractivity contribution in [3.8, 4) is 11.4 Å². The van der Waals surface area contributed by atoms with E-state index in [2.05, 4.69) is 0 Å². The van der Waals surface area contributed by atoms with E-state index in [1.165, 1.54) is 17.3 Å². The van der Waals surface area contributed by atoms with Crippen LogP contribution in [0.3, 0.4) is 0 Å². The molecule has 1 aromatic heterocycles. The zero-order valence-electron chi connectivity index (χ0n) is 18.8. The highest BCUT2D eigenvalue weighted by Crippen LogP contribution is 2.24. The predicted octanol–water partition coefficient (Wildman–Crippen LogP) is 4.45. The number of hydrogen-bond donors (Lipinski definition) is 0. The number of carbonyl (C=O) groups is 1. The molecule has 0 saturated heterocycles. The smallest absolute Gasteiger partial charge is 0.266 e. The number of ether oxygens (including phenoxy) is 1. The van der Waals surface area contributed by atoms with Crippen molar-refractivity contribution in [2.45, 2.75) is 18.6 Å². The summed E-state index contributed by atoms with van der Waals surface area (Å²) in [6.45, 7) is 2.56. The molecule has 0 bridgehead atoms. The fourth-order valence-corrected chi connectivity index (χ4v) is 4.43. The van der Waals surface area contributed by atoms with Crippen molar-refractivity contribution in [2.24, 2.45) is 0 Å². The van der Waals surface area contributed by atoms with E-state index < -0.39 is 0 Å². The van der Waals surface area contributed by atoms with E-state index in [0.717, 1.165) is 5.56 Å². The van der Waals surface area contributed by atoms with Crippen LogP contribution >= 0.6 is 11.8 Å². The molecule has 0 aliphatic rings. The van der Waals surface area contributed by atoms with Crippen molar-refractivity contribution in [1.29, 1.82) is 0 Å². The predicted molar refractivity (Wildman–Crippen MR) is 132 cm³/mol. The van der Waals surface area contributed by atoms with Crippen molar-refractivity contribution in [3.63, 3.8) is 0 Å². The molecule has 0 aliphatic carbocycles. The lowest BCUT2D eigenvalue weighted by molar-refractivity contribution is -0.127. The maximum Gasteiger partial charge on any atom is 0.266 e. The molecule has 4 rings (SSSR count). The Bertz CT molecular complexity index is 1350. The van der Waals surface area contributed by atoms with E-state index in [4.69, 9.17) is 9.72 Å². The van der Waals surface area contributed by atoms with Gasteiger partial charge in [-0.2, -0.15) is 0 Å². The average molecular weight is 460 g/mol. The molecule has 33 heavy (non-hydrogen) atoms. The van der Waals surface area contributed by atoms with Gasteiger partial charge in [-0.3, -0.25) is 14.2 Å². The molecule has 0 saturated carbocycles. The molecule has 3 aromatic carbocycles. The Kier molecular flexibility index (Phi) is 6.79. The summed E-state index contributed by atoms with van der Waals surface area (Å²) in [6.07, 6.45) is 0. The average Bonchev–Trinajstić information content (AvgIpc) is 2.84. The Hall–Kier alpha value is -3.58. The standard InChI is InChI=1S/C26H25N3O3S/c1-18-11-13-19(14-12-18)16-28(2)24(30)17-33-26-27-23-10-5-4-9-22(23)25(31)29(26)20-7-6-8-21(15-20)32-3/h4-15H,16-17H2,1-3H3. The first-order valence-electron chi connectivity index (χ1n) is 10.5. The van der Waals surface area contributed by atoms with Crippen LogP contribution < -0.4 is 10.3 Å². The molecule has 0 radical (unpaired) electrons. The maximum absolute atomic E-state index is 13.4. The van der Waals surface area contributed by atoms with E-state index in [1.807, 2.05) is 67.6 Å². The minimum atomic E-state index is -0.184. The van der Waals surface area contributed by atoms with Gasteiger partial charge in [0.15, 0.2) is 5.16 Å². The summed E-state index contributed by atoms with van der Waals surface area (Å²) >= 11 is 1.25. The van der Waals surface area contributed by atoms with Crippen molar-refractivity contribution in [1.82, 2.24) is 14.5 Å². The lowest BCUT2D eigenvalue weighted by Crippen LogP contribution is -2.28. The second-order valence-corrected chi connectivity index (χ2v) is 8.72. The van der Waals surface area contributed by atoms with E-state index in [0.29, 0.717) is 34.0 Å². The van der Waals surface area contributed by atoms with Crippen LogP contribution in [-0.2, 0) is 11.3 Å². The van der Waals surface area contributed by atoms with Crippen LogP contribution in [-0.4, -0.2) is 40.3 Å². The number of methoxy groups -OCH3 is 1. The van der Waals surface area contributed by atoms with E-state index in [-0.39, 0.29) is 17.2 Å². The lowest BCUT2D eigenvalue weighted by Gasteiger charge is -2.18. The third kappa shape index (κ3) is 5.09. The van der Waals surface area contributed by atoms with Gasteiger partial charge in [0.1, 0.15) is 5.75 Å². The molecule has 0 aliphatic heterocycles. The van der Waals surface area contributed by atoms with Gasteiger partial charge >= 0.3 is 0 Å². The van der Waals surface area contributed by atoms with Crippen molar-refractivity contribution < 1.29 is 9.53 Å². The third-order valence-corrected chi connectivity index (χ3v) is 6.27. The summed E-state index contributed by atoms with van der Waals surface area (Å²) in [7, 11) is 3.37. The van der Waals surface area contributed by atoms with Crippen molar-refractivity contribution in [3.05, 3.63) is 94.3 Å². The van der Waals surface area contributed by atoms with Gasteiger partial charge in [-0.05, 0) is 36.8 Å². The van der Waals surface area contributed by atoms with Crippen LogP contribution in [0.1, 0.15) is 11.1 Å². The number of para-hydroxylation sites is 1. The number of aromatic nitrogens is 2. The largest absolute Gasteiger partial charge is 0.497 e. The number of benzene rings is 3. The number of fused-ring (bicyclic) bond motifs is 1. The highest BCUT2D eigenvalue weighted by molar-refractivity contribution is 7.99. The van der Waals surface area contributed by atoms with Crippen LogP contribution in [0.25, 0.3) is 16.6 Å². The molecule has 7 heteroatoms. The number of thioether (sulfide) groups is 1. The number of rotatable bonds is 7. The monoisotopic (exact) mass is 459 g/mol. The Morgan fingerprint density at radius 3 is 2.58 bits per heavy atom. The van der Waals surface area contributed by atoms with Crippen molar-refractivity contribution >= 4 is 28.6 Å². The normalized spacial score (nSPS) is 10.9. The molecule has 0 N–H and O–H groups in total. The van der Waals surface area contributed by atoms with Crippen LogP contribution in [0.15, 0.2) is 82.7 Å². The Balaban J connectivity index is 1.63. The minimum Gasteiger partial charge on any atom is -0.497 e. The Labute approximate surface area is 196 Å². The fraction of sp³-hybridized carbons (Fsp3) is 0.192. The van der Waals surface area contributed by atoms with Gasteiger partial charge in [0.25, 0.3) is 5.56 Å². The molecule has 6 nitrogen and oxygen atoms in total. The molecule has 0 fully saturated rings. The van der Waals surface area contributed by atoms with Gasteiger partial charge in [0.2, 0.25) is 5.91 Å². The van der Waals surface area contributed by atoms with Gasteiger partial charge in [-0.1, -0.05) is 59.8 Å². The van der Waals surface area contributed by atoms with E-state index >= 15 is 0 Å². The summed E-state index contributed by atoms with van der Waals surface area (Å²) in [4.78, 5) is 32.6. The molecule has 1 heterocycles. The summed E-state index contributed by atoms with van der Waals surface area (Å²) in [5.74, 6) is 0.759. The number of amides is 1. The Morgan fingerprint density at radius 2 is 1.82 bits per heavy atom. The first kappa shape index (κ1) is 22.6. The van der Waals surface area contributed by atoms with Gasteiger partial charge in [0.05, 0.1) is 29.5 Å². The molecule has 4 aromatic rings. The molecule has 0 spiro atoms. The number of carbonyl (C=O) groups excluding carboxylic acids is 1. The first-order valence-corrected chi connectivity index (χ1v) is 11.5. The zero-order chi connectivity index (χ0) is 23.4. The van der Waals surface area contributed by atoms with E-state index in [1.54, 1.807) is 35.8 Å². The van der Waals surface area contributed by atoms with Crippen LogP contribution in [0.5, 0.6) is 5.75 Å². The molecule has 0 atom stereocenters. The second kappa shape index (κ2) is 9.92. The van der Waals surface area contributed by atoms with Crippen LogP contribution in [0.4, 0.5) is 0 Å². The number of hydrogen-bond acceptors (Lipinski definition) is 5. The highest BCUT2D eigenvalue weighted by atomic mass is 32.2. The minimum absolute atomic E-state index is 0.0415. The van der Waals surface area contributed by atoms with Gasteiger partial charge < -0.3 is 9.64 Å². The SMILES string of the molecule is COc1cccc(-n2c(SCC(=O)N(C)Cc3ccc(C)cc3)nc3ccccc3c2=O)c1. The third-order valence-electron chi connectivity index (χ3n) is 5.35. The van der Waals surface area contributed by atoms with Gasteiger partial charge in [-0.15, -0.1) is 0 Å². The summed E-state index contributed by atoms with van der Waals surface area (Å²) in [5.41, 5.74) is 3.31. The summed E-state index contributed by atoms with van der Waals surface area (Å²) in [5, 5.41) is 0.983. The van der Waals surface area contributed by atoms with Gasteiger partial charge in [0, 0.05) is 19.7 Å². The van der Waals surface area contributed by atoms with E-state index in [9.17, 15) is 9.59 Å². The second-order valence-electron chi connectivity index (χ2n) is 7.78.